The van der Waals surface area contributed by atoms with Gasteiger partial charge < -0.3 is 14.7 Å². The number of carboxylic acid groups (broad SMARTS) is 1. The monoisotopic (exact) mass is 285 g/mol. The van der Waals surface area contributed by atoms with Crippen molar-refractivity contribution in [2.45, 2.75) is 71.0 Å². The maximum atomic E-state index is 12.4. The number of ether oxygens (including phenoxy) is 1. The lowest BCUT2D eigenvalue weighted by atomic mass is 9.97. The minimum atomic E-state index is -0.877. The third-order valence-corrected chi connectivity index (χ3v) is 3.84. The van der Waals surface area contributed by atoms with Crippen molar-refractivity contribution in [1.29, 1.82) is 0 Å². The van der Waals surface area contributed by atoms with E-state index in [1.54, 1.807) is 4.90 Å². The fourth-order valence-electron chi connectivity index (χ4n) is 2.62. The number of rotatable bonds is 8. The first kappa shape index (κ1) is 17.0. The largest absolute Gasteiger partial charge is 0.481 e. The summed E-state index contributed by atoms with van der Waals surface area (Å²) in [6.07, 6.45) is 6.05. The van der Waals surface area contributed by atoms with E-state index in [0.717, 1.165) is 12.8 Å². The Bertz CT molecular complexity index is 313. The second-order valence-electron chi connectivity index (χ2n) is 5.35. The van der Waals surface area contributed by atoms with E-state index in [0.29, 0.717) is 13.0 Å². The molecular formula is C15H27NO4. The summed E-state index contributed by atoms with van der Waals surface area (Å²) in [6.45, 7) is 4.59. The first-order valence-electron chi connectivity index (χ1n) is 7.74. The number of amides is 1. The van der Waals surface area contributed by atoms with E-state index in [9.17, 15) is 9.59 Å². The molecule has 0 heterocycles. The third-order valence-electron chi connectivity index (χ3n) is 3.84. The van der Waals surface area contributed by atoms with Gasteiger partial charge in [-0.2, -0.15) is 0 Å². The van der Waals surface area contributed by atoms with Crippen LogP contribution in [-0.2, 0) is 14.3 Å². The molecule has 20 heavy (non-hydrogen) atoms. The molecule has 0 aromatic carbocycles. The smallest absolute Gasteiger partial charge is 0.305 e. The van der Waals surface area contributed by atoms with Gasteiger partial charge in [-0.25, -0.2) is 0 Å². The Labute approximate surface area is 121 Å². The van der Waals surface area contributed by atoms with Gasteiger partial charge in [-0.3, -0.25) is 9.59 Å². The fourth-order valence-corrected chi connectivity index (χ4v) is 2.62. The summed E-state index contributed by atoms with van der Waals surface area (Å²) in [7, 11) is 0. The molecule has 1 rings (SSSR count). The molecule has 116 valence electrons. The van der Waals surface area contributed by atoms with E-state index in [1.165, 1.54) is 19.3 Å². The molecule has 1 aliphatic rings. The molecule has 1 fully saturated rings. The number of carbonyl (C=O) groups is 2. The maximum absolute atomic E-state index is 12.4. The molecule has 0 aliphatic heterocycles. The standard InChI is InChI=1S/C15H27NO4/c1-3-13(20-12-8-6-5-7-9-12)15(19)16(4-2)11-10-14(17)18/h12-13H,3-11H2,1-2H3,(H,17,18). The summed E-state index contributed by atoms with van der Waals surface area (Å²) in [6, 6.07) is 0. The average molecular weight is 285 g/mol. The van der Waals surface area contributed by atoms with Crippen molar-refractivity contribution < 1.29 is 19.4 Å². The SMILES string of the molecule is CCC(OC1CCCCC1)C(=O)N(CC)CCC(=O)O. The van der Waals surface area contributed by atoms with Gasteiger partial charge in [0.25, 0.3) is 5.91 Å². The van der Waals surface area contributed by atoms with Crippen molar-refractivity contribution in [3.8, 4) is 0 Å². The van der Waals surface area contributed by atoms with Crippen LogP contribution >= 0.6 is 0 Å². The van der Waals surface area contributed by atoms with Gasteiger partial charge in [-0.15, -0.1) is 0 Å². The van der Waals surface area contributed by atoms with Crippen LogP contribution in [0, 0.1) is 0 Å². The van der Waals surface area contributed by atoms with Gasteiger partial charge in [0, 0.05) is 13.1 Å². The zero-order valence-corrected chi connectivity index (χ0v) is 12.6. The lowest BCUT2D eigenvalue weighted by Crippen LogP contribution is -2.42. The van der Waals surface area contributed by atoms with Crippen LogP contribution in [0.5, 0.6) is 0 Å². The topological polar surface area (TPSA) is 66.8 Å². The summed E-state index contributed by atoms with van der Waals surface area (Å²) >= 11 is 0. The van der Waals surface area contributed by atoms with Gasteiger partial charge in [-0.05, 0) is 26.2 Å². The van der Waals surface area contributed by atoms with Gasteiger partial charge >= 0.3 is 5.97 Å². The first-order valence-corrected chi connectivity index (χ1v) is 7.74. The van der Waals surface area contributed by atoms with Gasteiger partial charge in [0.05, 0.1) is 12.5 Å². The molecule has 5 heteroatoms. The molecule has 1 N–H and O–H groups in total. The highest BCUT2D eigenvalue weighted by molar-refractivity contribution is 5.81. The summed E-state index contributed by atoms with van der Waals surface area (Å²) in [5.41, 5.74) is 0. The van der Waals surface area contributed by atoms with Crippen LogP contribution in [0.15, 0.2) is 0 Å². The Hall–Kier alpha value is -1.10. The Kier molecular flexibility index (Phi) is 7.59. The summed E-state index contributed by atoms with van der Waals surface area (Å²) < 4.78 is 5.95. The molecule has 5 nitrogen and oxygen atoms in total. The van der Waals surface area contributed by atoms with Crippen molar-refractivity contribution in [2.24, 2.45) is 0 Å². The van der Waals surface area contributed by atoms with Crippen molar-refractivity contribution in [1.82, 2.24) is 4.90 Å². The zero-order chi connectivity index (χ0) is 15.0. The minimum absolute atomic E-state index is 0.0144. The lowest BCUT2D eigenvalue weighted by Gasteiger charge is -2.30. The Balaban J connectivity index is 2.51. The lowest BCUT2D eigenvalue weighted by molar-refractivity contribution is -0.150. The molecule has 0 bridgehead atoms. The van der Waals surface area contributed by atoms with E-state index in [-0.39, 0.29) is 25.0 Å². The third kappa shape index (κ3) is 5.49. The number of hydrogen-bond acceptors (Lipinski definition) is 3. The van der Waals surface area contributed by atoms with Gasteiger partial charge in [0.1, 0.15) is 6.10 Å². The van der Waals surface area contributed by atoms with E-state index in [1.807, 2.05) is 13.8 Å². The van der Waals surface area contributed by atoms with Gasteiger partial charge in [-0.1, -0.05) is 26.2 Å². The molecule has 0 aromatic heterocycles. The summed E-state index contributed by atoms with van der Waals surface area (Å²) in [4.78, 5) is 24.6. The van der Waals surface area contributed by atoms with Crippen LogP contribution < -0.4 is 0 Å². The van der Waals surface area contributed by atoms with Crippen LogP contribution in [0.2, 0.25) is 0 Å². The highest BCUT2D eigenvalue weighted by Gasteiger charge is 2.26. The van der Waals surface area contributed by atoms with Gasteiger partial charge in [0.2, 0.25) is 0 Å². The number of carbonyl (C=O) groups excluding carboxylic acids is 1. The van der Waals surface area contributed by atoms with Gasteiger partial charge in [0.15, 0.2) is 0 Å². The number of hydrogen-bond donors (Lipinski definition) is 1. The predicted molar refractivity (Wildman–Crippen MR) is 76.5 cm³/mol. The average Bonchev–Trinajstić information content (AvgIpc) is 2.46. The molecule has 0 aromatic rings. The molecule has 1 saturated carbocycles. The molecular weight excluding hydrogens is 258 g/mol. The quantitative estimate of drug-likeness (QED) is 0.744. The number of nitrogens with zero attached hydrogens (tertiary/aromatic N) is 1. The molecule has 1 atom stereocenters. The van der Waals surface area contributed by atoms with E-state index in [4.69, 9.17) is 9.84 Å². The highest BCUT2D eigenvalue weighted by atomic mass is 16.5. The summed E-state index contributed by atoms with van der Waals surface area (Å²) in [5.74, 6) is -0.945. The van der Waals surface area contributed by atoms with Crippen molar-refractivity contribution in [3.63, 3.8) is 0 Å². The molecule has 0 spiro atoms. The molecule has 1 unspecified atom stereocenters. The van der Waals surface area contributed by atoms with Crippen LogP contribution in [0.1, 0.15) is 58.8 Å². The zero-order valence-electron chi connectivity index (χ0n) is 12.6. The van der Waals surface area contributed by atoms with Crippen molar-refractivity contribution in [3.05, 3.63) is 0 Å². The van der Waals surface area contributed by atoms with E-state index >= 15 is 0 Å². The molecule has 1 aliphatic carbocycles. The van der Waals surface area contributed by atoms with Crippen LogP contribution in [0.3, 0.4) is 0 Å². The molecule has 0 radical (unpaired) electrons. The predicted octanol–water partition coefficient (Wildman–Crippen LogP) is 2.44. The van der Waals surface area contributed by atoms with E-state index < -0.39 is 12.1 Å². The number of aliphatic carboxylic acids is 1. The minimum Gasteiger partial charge on any atom is -0.481 e. The first-order chi connectivity index (χ1) is 9.58. The fraction of sp³-hybridized carbons (Fsp3) is 0.867. The summed E-state index contributed by atoms with van der Waals surface area (Å²) in [5, 5.41) is 8.73. The Morgan fingerprint density at radius 3 is 2.40 bits per heavy atom. The molecule has 1 amide bonds. The van der Waals surface area contributed by atoms with Crippen LogP contribution in [0.4, 0.5) is 0 Å². The number of carboxylic acids is 1. The molecule has 0 saturated heterocycles. The second-order valence-corrected chi connectivity index (χ2v) is 5.35. The van der Waals surface area contributed by atoms with Crippen molar-refractivity contribution >= 4 is 11.9 Å². The van der Waals surface area contributed by atoms with Crippen molar-refractivity contribution in [2.75, 3.05) is 13.1 Å². The Morgan fingerprint density at radius 1 is 1.25 bits per heavy atom. The van der Waals surface area contributed by atoms with E-state index in [2.05, 4.69) is 0 Å². The Morgan fingerprint density at radius 2 is 1.90 bits per heavy atom. The van der Waals surface area contributed by atoms with Crippen LogP contribution in [-0.4, -0.2) is 47.2 Å². The normalized spacial score (nSPS) is 17.7. The maximum Gasteiger partial charge on any atom is 0.305 e. The second kappa shape index (κ2) is 8.95. The van der Waals surface area contributed by atoms with Crippen LogP contribution in [0.25, 0.3) is 0 Å². The highest BCUT2D eigenvalue weighted by Crippen LogP contribution is 2.22. The number of likely N-dealkylation sites (N-methyl/N-ethyl adjacent to an activating group) is 1.